The number of ether oxygens (including phenoxy) is 1. The summed E-state index contributed by atoms with van der Waals surface area (Å²) in [5, 5.41) is 14.0. The lowest BCUT2D eigenvalue weighted by atomic mass is 10.0. The number of aryl methyl sites for hydroxylation is 1. The van der Waals surface area contributed by atoms with Gasteiger partial charge in [0.2, 0.25) is 0 Å². The first-order valence-electron chi connectivity index (χ1n) is 11.6. The van der Waals surface area contributed by atoms with Crippen LogP contribution in [0.5, 0.6) is 5.75 Å². The smallest absolute Gasteiger partial charge is 0.255 e. The minimum Gasteiger partial charge on any atom is -0.493 e. The summed E-state index contributed by atoms with van der Waals surface area (Å²) in [6.45, 7) is 2.08. The third-order valence-electron chi connectivity index (χ3n) is 5.95. The van der Waals surface area contributed by atoms with Gasteiger partial charge in [-0.2, -0.15) is 0 Å². The third-order valence-corrected chi connectivity index (χ3v) is 5.95. The molecular formula is C28H28F2N2O3. The van der Waals surface area contributed by atoms with Crippen LogP contribution in [0.2, 0.25) is 0 Å². The van der Waals surface area contributed by atoms with Gasteiger partial charge in [0.1, 0.15) is 5.75 Å². The van der Waals surface area contributed by atoms with E-state index < -0.39 is 23.6 Å². The Morgan fingerprint density at radius 2 is 1.91 bits per heavy atom. The fourth-order valence-corrected chi connectivity index (χ4v) is 4.22. The highest BCUT2D eigenvalue weighted by atomic mass is 19.2. The first kappa shape index (κ1) is 24.4. The Labute approximate surface area is 203 Å². The zero-order valence-electron chi connectivity index (χ0n) is 19.7. The summed E-state index contributed by atoms with van der Waals surface area (Å²) >= 11 is 0. The van der Waals surface area contributed by atoms with Gasteiger partial charge in [-0.1, -0.05) is 43.3 Å². The third kappa shape index (κ3) is 5.20. The van der Waals surface area contributed by atoms with Gasteiger partial charge in [-0.15, -0.1) is 0 Å². The van der Waals surface area contributed by atoms with E-state index in [1.807, 2.05) is 49.0 Å². The number of nitrogens with one attached hydrogen (secondary N) is 1. The highest BCUT2D eigenvalue weighted by Crippen LogP contribution is 2.30. The molecule has 1 amide bonds. The van der Waals surface area contributed by atoms with Crippen molar-refractivity contribution in [1.82, 2.24) is 9.88 Å². The van der Waals surface area contributed by atoms with Gasteiger partial charge >= 0.3 is 0 Å². The van der Waals surface area contributed by atoms with Crippen LogP contribution in [0, 0.1) is 11.6 Å². The van der Waals surface area contributed by atoms with Crippen molar-refractivity contribution in [2.24, 2.45) is 7.05 Å². The van der Waals surface area contributed by atoms with E-state index in [1.165, 1.54) is 18.2 Å². The molecule has 0 saturated heterocycles. The second-order valence-corrected chi connectivity index (χ2v) is 8.50. The number of benzene rings is 3. The quantitative estimate of drug-likeness (QED) is 0.346. The molecule has 4 rings (SSSR count). The number of aliphatic hydroxyl groups is 1. The van der Waals surface area contributed by atoms with Crippen molar-refractivity contribution in [3.8, 4) is 16.9 Å². The molecule has 1 heterocycles. The van der Waals surface area contributed by atoms with E-state index >= 15 is 0 Å². The minimum atomic E-state index is -0.981. The molecule has 7 heteroatoms. The zero-order chi connectivity index (χ0) is 24.9. The van der Waals surface area contributed by atoms with Gasteiger partial charge in [-0.05, 0) is 48.2 Å². The summed E-state index contributed by atoms with van der Waals surface area (Å²) in [6, 6.07) is 16.0. The average Bonchev–Trinajstić information content (AvgIpc) is 3.19. The van der Waals surface area contributed by atoms with Crippen LogP contribution in [0.3, 0.4) is 0 Å². The van der Waals surface area contributed by atoms with Crippen LogP contribution in [0.4, 0.5) is 8.78 Å². The number of para-hydroxylation sites is 1. The lowest BCUT2D eigenvalue weighted by Gasteiger charge is -2.18. The molecule has 3 aromatic carbocycles. The maximum absolute atomic E-state index is 14.4. The molecule has 0 saturated carbocycles. The summed E-state index contributed by atoms with van der Waals surface area (Å²) in [6.07, 6.45) is 3.15. The summed E-state index contributed by atoms with van der Waals surface area (Å²) in [7, 11) is 1.95. The van der Waals surface area contributed by atoms with Gasteiger partial charge in [-0.25, -0.2) is 8.78 Å². The van der Waals surface area contributed by atoms with E-state index in [0.29, 0.717) is 24.3 Å². The largest absolute Gasteiger partial charge is 0.493 e. The topological polar surface area (TPSA) is 63.5 Å². The van der Waals surface area contributed by atoms with Crippen LogP contribution in [-0.2, 0) is 13.5 Å². The number of carbonyl (C=O) groups excluding carboxylic acids is 1. The molecule has 0 aliphatic heterocycles. The number of amides is 1. The Balaban J connectivity index is 1.63. The fraction of sp³-hybridized carbons (Fsp3) is 0.250. The Morgan fingerprint density at radius 3 is 2.69 bits per heavy atom. The number of nitrogens with zero attached hydrogens (tertiary/aromatic N) is 1. The number of hydrogen-bond acceptors (Lipinski definition) is 3. The number of rotatable bonds is 9. The monoisotopic (exact) mass is 478 g/mol. The second-order valence-electron chi connectivity index (χ2n) is 8.50. The number of fused-ring (bicyclic) bond motifs is 1. The van der Waals surface area contributed by atoms with Crippen molar-refractivity contribution in [1.29, 1.82) is 0 Å². The standard InChI is InChI=1S/C28H28F2N2O3/c1-3-13-35-26-12-11-18(22-8-6-9-24(29)27(22)30)15-23(26)28(34)31-20(17-33)14-19-16-32(2)25-10-5-4-7-21(19)25/h4-12,15-16,20,33H,3,13-14,17H2,1-2H3,(H,31,34)/t20-/m1/s1. The van der Waals surface area contributed by atoms with Gasteiger partial charge in [0.25, 0.3) is 5.91 Å². The highest BCUT2D eigenvalue weighted by molar-refractivity contribution is 5.98. The number of aromatic nitrogens is 1. The number of halogens is 2. The second kappa shape index (κ2) is 10.7. The van der Waals surface area contributed by atoms with E-state index in [4.69, 9.17) is 4.74 Å². The van der Waals surface area contributed by atoms with Crippen LogP contribution in [0.25, 0.3) is 22.0 Å². The van der Waals surface area contributed by atoms with E-state index in [9.17, 15) is 18.7 Å². The molecule has 4 aromatic rings. The lowest BCUT2D eigenvalue weighted by molar-refractivity contribution is 0.0912. The Morgan fingerprint density at radius 1 is 1.11 bits per heavy atom. The van der Waals surface area contributed by atoms with Crippen molar-refractivity contribution in [2.75, 3.05) is 13.2 Å². The van der Waals surface area contributed by atoms with E-state index in [0.717, 1.165) is 29.0 Å². The minimum absolute atomic E-state index is 0.0514. The Bertz CT molecular complexity index is 1350. The van der Waals surface area contributed by atoms with Gasteiger partial charge in [0.05, 0.1) is 24.8 Å². The average molecular weight is 479 g/mol. The number of carbonyl (C=O) groups is 1. The fourth-order valence-electron chi connectivity index (χ4n) is 4.22. The predicted octanol–water partition coefficient (Wildman–Crippen LogP) is 5.25. The van der Waals surface area contributed by atoms with Crippen LogP contribution >= 0.6 is 0 Å². The van der Waals surface area contributed by atoms with Crippen LogP contribution in [-0.4, -0.2) is 34.8 Å². The molecule has 0 unspecified atom stereocenters. The Kier molecular flexibility index (Phi) is 7.46. The molecule has 5 nitrogen and oxygen atoms in total. The first-order chi connectivity index (χ1) is 16.9. The molecule has 0 bridgehead atoms. The predicted molar refractivity (Wildman–Crippen MR) is 133 cm³/mol. The molecule has 2 N–H and O–H groups in total. The van der Waals surface area contributed by atoms with Crippen molar-refractivity contribution in [3.05, 3.63) is 89.6 Å². The summed E-state index contributed by atoms with van der Waals surface area (Å²) in [5.41, 5.74) is 2.66. The van der Waals surface area contributed by atoms with Gasteiger partial charge in [0.15, 0.2) is 11.6 Å². The normalized spacial score (nSPS) is 12.0. The molecule has 0 aliphatic rings. The van der Waals surface area contributed by atoms with Crippen LogP contribution in [0.1, 0.15) is 29.3 Å². The molecule has 1 aromatic heterocycles. The number of hydrogen-bond donors (Lipinski definition) is 2. The van der Waals surface area contributed by atoms with Crippen molar-refractivity contribution < 1.29 is 23.4 Å². The maximum Gasteiger partial charge on any atom is 0.255 e. The van der Waals surface area contributed by atoms with Gasteiger partial charge in [-0.3, -0.25) is 4.79 Å². The molecule has 0 spiro atoms. The molecule has 0 aliphatic carbocycles. The van der Waals surface area contributed by atoms with Gasteiger partial charge < -0.3 is 19.7 Å². The van der Waals surface area contributed by atoms with Crippen LogP contribution in [0.15, 0.2) is 66.9 Å². The molecule has 182 valence electrons. The summed E-state index contributed by atoms with van der Waals surface area (Å²) < 4.78 is 36.0. The van der Waals surface area contributed by atoms with Crippen LogP contribution < -0.4 is 10.1 Å². The van der Waals surface area contributed by atoms with E-state index in [-0.39, 0.29) is 17.7 Å². The highest BCUT2D eigenvalue weighted by Gasteiger charge is 2.21. The summed E-state index contributed by atoms with van der Waals surface area (Å²) in [4.78, 5) is 13.3. The number of aliphatic hydroxyl groups excluding tert-OH is 1. The van der Waals surface area contributed by atoms with E-state index in [2.05, 4.69) is 5.32 Å². The van der Waals surface area contributed by atoms with E-state index in [1.54, 1.807) is 12.1 Å². The maximum atomic E-state index is 14.4. The first-order valence-corrected chi connectivity index (χ1v) is 11.6. The summed E-state index contributed by atoms with van der Waals surface area (Å²) in [5.74, 6) is -2.07. The SMILES string of the molecule is CCCOc1ccc(-c2cccc(F)c2F)cc1C(=O)N[C@@H](CO)Cc1cn(C)c2ccccc12. The molecule has 1 atom stereocenters. The van der Waals surface area contributed by atoms with Gasteiger partial charge in [0, 0.05) is 29.7 Å². The Hall–Kier alpha value is -3.71. The zero-order valence-corrected chi connectivity index (χ0v) is 19.7. The molecular weight excluding hydrogens is 450 g/mol. The van der Waals surface area contributed by atoms with Crippen molar-refractivity contribution >= 4 is 16.8 Å². The molecule has 0 fully saturated rings. The lowest BCUT2D eigenvalue weighted by Crippen LogP contribution is -2.39. The van der Waals surface area contributed by atoms with Crippen molar-refractivity contribution in [3.63, 3.8) is 0 Å². The molecule has 35 heavy (non-hydrogen) atoms. The van der Waals surface area contributed by atoms with Crippen molar-refractivity contribution in [2.45, 2.75) is 25.8 Å². The molecule has 0 radical (unpaired) electrons.